The highest BCUT2D eigenvalue weighted by Crippen LogP contribution is 2.20. The average Bonchev–Trinajstić information content (AvgIpc) is 2.66. The molecule has 2 unspecified atom stereocenters. The molecule has 4 heteroatoms. The molecule has 0 radical (unpaired) electrons. The second kappa shape index (κ2) is 8.28. The van der Waals surface area contributed by atoms with Crippen molar-refractivity contribution in [3.63, 3.8) is 0 Å². The summed E-state index contributed by atoms with van der Waals surface area (Å²) >= 11 is 0. The van der Waals surface area contributed by atoms with E-state index in [-0.39, 0.29) is 24.6 Å². The van der Waals surface area contributed by atoms with Crippen molar-refractivity contribution in [3.05, 3.63) is 71.3 Å². The second-order valence-corrected chi connectivity index (χ2v) is 6.73. The van der Waals surface area contributed by atoms with Crippen LogP contribution in [-0.4, -0.2) is 28.5 Å². The molecule has 0 aliphatic carbocycles. The molecule has 1 heterocycles. The Bertz CT molecular complexity index is 702. The molecule has 1 aliphatic heterocycles. The molecule has 132 valence electrons. The summed E-state index contributed by atoms with van der Waals surface area (Å²) in [7, 11) is 0. The molecule has 2 N–H and O–H groups in total. The highest BCUT2D eigenvalue weighted by molar-refractivity contribution is 5.82. The number of aliphatic hydroxyl groups excluding tert-OH is 1. The van der Waals surface area contributed by atoms with Gasteiger partial charge in [0.1, 0.15) is 0 Å². The van der Waals surface area contributed by atoms with Crippen molar-refractivity contribution in [1.29, 1.82) is 0 Å². The number of nitrogens with zero attached hydrogens (tertiary/aromatic N) is 1. The zero-order chi connectivity index (χ0) is 17.6. The van der Waals surface area contributed by atoms with Gasteiger partial charge in [-0.05, 0) is 36.5 Å². The quantitative estimate of drug-likeness (QED) is 0.851. The van der Waals surface area contributed by atoms with E-state index in [1.165, 1.54) is 5.56 Å². The fourth-order valence-corrected chi connectivity index (χ4v) is 3.41. The molecule has 1 saturated heterocycles. The lowest BCUT2D eigenvalue weighted by Gasteiger charge is -2.34. The van der Waals surface area contributed by atoms with Crippen molar-refractivity contribution in [2.45, 2.75) is 45.0 Å². The summed E-state index contributed by atoms with van der Waals surface area (Å²) < 4.78 is 0. The Balaban J connectivity index is 1.64. The van der Waals surface area contributed by atoms with Crippen molar-refractivity contribution in [1.82, 2.24) is 10.2 Å². The van der Waals surface area contributed by atoms with Gasteiger partial charge in [0.15, 0.2) is 0 Å². The maximum atomic E-state index is 12.8. The van der Waals surface area contributed by atoms with E-state index in [9.17, 15) is 9.90 Å². The van der Waals surface area contributed by atoms with Gasteiger partial charge in [0, 0.05) is 19.1 Å². The van der Waals surface area contributed by atoms with Crippen molar-refractivity contribution in [2.24, 2.45) is 0 Å². The van der Waals surface area contributed by atoms with Gasteiger partial charge in [0.2, 0.25) is 5.91 Å². The summed E-state index contributed by atoms with van der Waals surface area (Å²) in [5.41, 5.74) is 3.16. The third-order valence-corrected chi connectivity index (χ3v) is 4.83. The Kier molecular flexibility index (Phi) is 5.84. The van der Waals surface area contributed by atoms with E-state index in [1.807, 2.05) is 47.4 Å². The molecule has 2 atom stereocenters. The molecular formula is C21H26N2O2. The number of amides is 1. The second-order valence-electron chi connectivity index (χ2n) is 6.73. The normalized spacial score (nSPS) is 19.0. The van der Waals surface area contributed by atoms with Gasteiger partial charge in [-0.1, -0.05) is 54.6 Å². The Morgan fingerprint density at radius 1 is 1.16 bits per heavy atom. The van der Waals surface area contributed by atoms with Crippen molar-refractivity contribution in [2.75, 3.05) is 6.54 Å². The zero-order valence-corrected chi connectivity index (χ0v) is 14.7. The van der Waals surface area contributed by atoms with Crippen LogP contribution in [0.25, 0.3) is 0 Å². The average molecular weight is 338 g/mol. The lowest BCUT2D eigenvalue weighted by molar-refractivity contribution is -0.136. The van der Waals surface area contributed by atoms with E-state index in [0.29, 0.717) is 6.54 Å². The van der Waals surface area contributed by atoms with Crippen molar-refractivity contribution < 1.29 is 9.90 Å². The lowest BCUT2D eigenvalue weighted by atomic mass is 10.00. The minimum absolute atomic E-state index is 0.0355. The summed E-state index contributed by atoms with van der Waals surface area (Å²) in [6, 6.07) is 17.9. The molecule has 4 nitrogen and oxygen atoms in total. The third-order valence-electron chi connectivity index (χ3n) is 4.83. The van der Waals surface area contributed by atoms with Gasteiger partial charge in [-0.3, -0.25) is 10.1 Å². The van der Waals surface area contributed by atoms with Crippen LogP contribution in [0.1, 0.15) is 42.5 Å². The van der Waals surface area contributed by atoms with Crippen LogP contribution < -0.4 is 5.32 Å². The van der Waals surface area contributed by atoms with E-state index in [0.717, 1.165) is 30.5 Å². The summed E-state index contributed by atoms with van der Waals surface area (Å²) in [4.78, 5) is 14.8. The summed E-state index contributed by atoms with van der Waals surface area (Å²) in [6.07, 6.45) is 1.88. The molecular weight excluding hydrogens is 312 g/mol. The minimum Gasteiger partial charge on any atom is -0.392 e. The van der Waals surface area contributed by atoms with E-state index in [4.69, 9.17) is 0 Å². The third kappa shape index (κ3) is 4.47. The number of rotatable bonds is 6. The first-order valence-electron chi connectivity index (χ1n) is 8.96. The number of likely N-dealkylation sites (tertiary alicyclic amines) is 1. The maximum absolute atomic E-state index is 12.8. The number of carbonyl (C=O) groups is 1. The number of nitrogens with one attached hydrogen (secondary N) is 1. The van der Waals surface area contributed by atoms with Crippen LogP contribution in [0, 0.1) is 0 Å². The minimum atomic E-state index is -0.148. The standard InChI is InChI=1S/C21H26N2O2/c1-16(19-10-5-9-18(13-19)15-24)22-20-11-6-12-23(21(20)25)14-17-7-3-2-4-8-17/h2-5,7-10,13,16,20,22,24H,6,11-12,14-15H2,1H3. The highest BCUT2D eigenvalue weighted by Gasteiger charge is 2.29. The first kappa shape index (κ1) is 17.6. The molecule has 1 aliphatic rings. The molecule has 2 aromatic carbocycles. The molecule has 25 heavy (non-hydrogen) atoms. The monoisotopic (exact) mass is 338 g/mol. The van der Waals surface area contributed by atoms with E-state index in [1.54, 1.807) is 0 Å². The van der Waals surface area contributed by atoms with Crippen LogP contribution >= 0.6 is 0 Å². The summed E-state index contributed by atoms with van der Waals surface area (Å²) in [6.45, 7) is 3.60. The van der Waals surface area contributed by atoms with Gasteiger partial charge < -0.3 is 10.0 Å². The Morgan fingerprint density at radius 2 is 1.92 bits per heavy atom. The van der Waals surface area contributed by atoms with Crippen LogP contribution in [0.2, 0.25) is 0 Å². The van der Waals surface area contributed by atoms with Crippen LogP contribution in [0.15, 0.2) is 54.6 Å². The van der Waals surface area contributed by atoms with Gasteiger partial charge in [-0.25, -0.2) is 0 Å². The maximum Gasteiger partial charge on any atom is 0.240 e. The van der Waals surface area contributed by atoms with E-state index >= 15 is 0 Å². The molecule has 0 saturated carbocycles. The number of benzene rings is 2. The first-order valence-corrected chi connectivity index (χ1v) is 8.96. The molecule has 0 spiro atoms. The van der Waals surface area contributed by atoms with E-state index < -0.39 is 0 Å². The molecule has 0 bridgehead atoms. The lowest BCUT2D eigenvalue weighted by Crippen LogP contribution is -2.50. The molecule has 0 aromatic heterocycles. The zero-order valence-electron chi connectivity index (χ0n) is 14.7. The Labute approximate surface area is 149 Å². The van der Waals surface area contributed by atoms with Gasteiger partial charge in [0.25, 0.3) is 0 Å². The predicted octanol–water partition coefficient (Wildman–Crippen LogP) is 3.02. The molecule has 1 fully saturated rings. The SMILES string of the molecule is CC(NC1CCCN(Cc2ccccc2)C1=O)c1cccc(CO)c1. The van der Waals surface area contributed by atoms with Crippen molar-refractivity contribution >= 4 is 5.91 Å². The number of aliphatic hydroxyl groups is 1. The van der Waals surface area contributed by atoms with Crippen molar-refractivity contribution in [3.8, 4) is 0 Å². The number of carbonyl (C=O) groups excluding carboxylic acids is 1. The number of hydrogen-bond donors (Lipinski definition) is 2. The van der Waals surface area contributed by atoms with Gasteiger partial charge in [0.05, 0.1) is 12.6 Å². The highest BCUT2D eigenvalue weighted by atomic mass is 16.3. The Morgan fingerprint density at radius 3 is 2.68 bits per heavy atom. The van der Waals surface area contributed by atoms with Crippen LogP contribution in [-0.2, 0) is 17.9 Å². The van der Waals surface area contributed by atoms with Crippen LogP contribution in [0.4, 0.5) is 0 Å². The molecule has 2 aromatic rings. The molecule has 3 rings (SSSR count). The largest absolute Gasteiger partial charge is 0.392 e. The predicted molar refractivity (Wildman–Crippen MR) is 98.8 cm³/mol. The molecule has 1 amide bonds. The summed E-state index contributed by atoms with van der Waals surface area (Å²) in [5.74, 6) is 0.181. The summed E-state index contributed by atoms with van der Waals surface area (Å²) in [5, 5.41) is 12.8. The smallest absolute Gasteiger partial charge is 0.240 e. The fraction of sp³-hybridized carbons (Fsp3) is 0.381. The van der Waals surface area contributed by atoms with Gasteiger partial charge in [-0.2, -0.15) is 0 Å². The first-order chi connectivity index (χ1) is 12.2. The van der Waals surface area contributed by atoms with Gasteiger partial charge in [-0.15, -0.1) is 0 Å². The van der Waals surface area contributed by atoms with Crippen LogP contribution in [0.5, 0.6) is 0 Å². The number of piperidine rings is 1. The topological polar surface area (TPSA) is 52.6 Å². The number of hydrogen-bond acceptors (Lipinski definition) is 3. The Hall–Kier alpha value is -2.17. The fourth-order valence-electron chi connectivity index (χ4n) is 3.41. The van der Waals surface area contributed by atoms with E-state index in [2.05, 4.69) is 24.4 Å². The van der Waals surface area contributed by atoms with Crippen LogP contribution in [0.3, 0.4) is 0 Å². The van der Waals surface area contributed by atoms with Gasteiger partial charge >= 0.3 is 0 Å².